The summed E-state index contributed by atoms with van der Waals surface area (Å²) in [6.07, 6.45) is 0. The van der Waals surface area contributed by atoms with Crippen molar-refractivity contribution in [3.05, 3.63) is 59.7 Å². The summed E-state index contributed by atoms with van der Waals surface area (Å²) in [7, 11) is 0. The molecule has 0 aromatic heterocycles. The highest BCUT2D eigenvalue weighted by Crippen LogP contribution is 2.12. The second-order valence-electron chi connectivity index (χ2n) is 4.73. The first-order valence-electron chi connectivity index (χ1n) is 6.73. The van der Waals surface area contributed by atoms with Crippen molar-refractivity contribution in [2.45, 2.75) is 6.92 Å². The van der Waals surface area contributed by atoms with Crippen molar-refractivity contribution in [3.8, 4) is 6.07 Å². The van der Waals surface area contributed by atoms with Crippen LogP contribution in [0, 0.1) is 11.3 Å². The van der Waals surface area contributed by atoms with Crippen molar-refractivity contribution < 1.29 is 9.59 Å². The quantitative estimate of drug-likeness (QED) is 0.830. The minimum Gasteiger partial charge on any atom is -0.376 e. The van der Waals surface area contributed by atoms with Gasteiger partial charge in [-0.3, -0.25) is 9.59 Å². The fourth-order valence-corrected chi connectivity index (χ4v) is 1.90. The van der Waals surface area contributed by atoms with Crippen molar-refractivity contribution in [3.63, 3.8) is 0 Å². The monoisotopic (exact) mass is 293 g/mol. The Morgan fingerprint density at radius 2 is 1.82 bits per heavy atom. The van der Waals surface area contributed by atoms with Crippen LogP contribution in [0.5, 0.6) is 0 Å². The van der Waals surface area contributed by atoms with Crippen LogP contribution >= 0.6 is 0 Å². The molecule has 2 aromatic carbocycles. The van der Waals surface area contributed by atoms with Gasteiger partial charge in [0, 0.05) is 16.9 Å². The van der Waals surface area contributed by atoms with E-state index in [1.807, 2.05) is 6.07 Å². The van der Waals surface area contributed by atoms with E-state index in [4.69, 9.17) is 5.26 Å². The Hall–Kier alpha value is -3.13. The molecule has 0 saturated carbocycles. The Bertz CT molecular complexity index is 748. The molecule has 0 saturated heterocycles. The second kappa shape index (κ2) is 7.04. The Labute approximate surface area is 128 Å². The van der Waals surface area contributed by atoms with Crippen molar-refractivity contribution in [1.82, 2.24) is 0 Å². The van der Waals surface area contributed by atoms with Gasteiger partial charge >= 0.3 is 0 Å². The fourth-order valence-electron chi connectivity index (χ4n) is 1.90. The molecule has 0 heterocycles. The number of benzene rings is 2. The van der Waals surface area contributed by atoms with Gasteiger partial charge in [0.05, 0.1) is 18.2 Å². The summed E-state index contributed by atoms with van der Waals surface area (Å²) >= 11 is 0. The highest BCUT2D eigenvalue weighted by Gasteiger charge is 2.05. The number of amides is 1. The average Bonchev–Trinajstić information content (AvgIpc) is 2.53. The van der Waals surface area contributed by atoms with Crippen LogP contribution in [0.1, 0.15) is 22.8 Å². The van der Waals surface area contributed by atoms with Crippen molar-refractivity contribution in [2.24, 2.45) is 0 Å². The van der Waals surface area contributed by atoms with Gasteiger partial charge in [0.2, 0.25) is 5.91 Å². The standard InChI is InChI=1S/C17H15N3O2/c1-12(21)14-5-3-7-16(9-14)20-17(22)11-19-15-6-2-4-13(8-15)10-18/h2-9,19H,11H2,1H3,(H,20,22). The van der Waals surface area contributed by atoms with Crippen LogP contribution in [-0.2, 0) is 4.79 Å². The fraction of sp³-hybridized carbons (Fsp3) is 0.118. The number of anilines is 2. The lowest BCUT2D eigenvalue weighted by Gasteiger charge is -2.08. The van der Waals surface area contributed by atoms with Gasteiger partial charge in [-0.2, -0.15) is 5.26 Å². The predicted octanol–water partition coefficient (Wildman–Crippen LogP) is 2.81. The predicted molar refractivity (Wildman–Crippen MR) is 84.7 cm³/mol. The number of carbonyl (C=O) groups excluding carboxylic acids is 2. The van der Waals surface area contributed by atoms with Crippen LogP contribution in [0.2, 0.25) is 0 Å². The molecule has 0 spiro atoms. The van der Waals surface area contributed by atoms with Crippen molar-refractivity contribution in [1.29, 1.82) is 5.26 Å². The van der Waals surface area contributed by atoms with Crippen LogP contribution in [0.15, 0.2) is 48.5 Å². The molecular formula is C17H15N3O2. The van der Waals surface area contributed by atoms with E-state index in [-0.39, 0.29) is 18.2 Å². The molecule has 22 heavy (non-hydrogen) atoms. The molecule has 0 radical (unpaired) electrons. The van der Waals surface area contributed by atoms with Crippen LogP contribution in [0.4, 0.5) is 11.4 Å². The minimum atomic E-state index is -0.233. The topological polar surface area (TPSA) is 82.0 Å². The SMILES string of the molecule is CC(=O)c1cccc(NC(=O)CNc2cccc(C#N)c2)c1. The zero-order valence-corrected chi connectivity index (χ0v) is 12.1. The molecule has 1 amide bonds. The molecule has 5 nitrogen and oxygen atoms in total. The van der Waals surface area contributed by atoms with Gasteiger partial charge in [-0.05, 0) is 37.3 Å². The maximum Gasteiger partial charge on any atom is 0.243 e. The largest absolute Gasteiger partial charge is 0.376 e. The number of rotatable bonds is 5. The van der Waals surface area contributed by atoms with Crippen LogP contribution in [0.25, 0.3) is 0 Å². The van der Waals surface area contributed by atoms with Gasteiger partial charge in [-0.1, -0.05) is 18.2 Å². The summed E-state index contributed by atoms with van der Waals surface area (Å²) in [5, 5.41) is 14.5. The molecule has 2 aromatic rings. The Morgan fingerprint density at radius 1 is 1.09 bits per heavy atom. The van der Waals surface area contributed by atoms with E-state index in [0.29, 0.717) is 22.5 Å². The van der Waals surface area contributed by atoms with Gasteiger partial charge in [0.1, 0.15) is 0 Å². The molecule has 0 atom stereocenters. The Morgan fingerprint density at radius 3 is 2.55 bits per heavy atom. The zero-order valence-electron chi connectivity index (χ0n) is 12.1. The first-order valence-corrected chi connectivity index (χ1v) is 6.73. The van der Waals surface area contributed by atoms with E-state index < -0.39 is 0 Å². The lowest BCUT2D eigenvalue weighted by Crippen LogP contribution is -2.21. The van der Waals surface area contributed by atoms with E-state index in [2.05, 4.69) is 10.6 Å². The third-order valence-electron chi connectivity index (χ3n) is 3.00. The van der Waals surface area contributed by atoms with Gasteiger partial charge in [-0.15, -0.1) is 0 Å². The molecular weight excluding hydrogens is 278 g/mol. The molecule has 0 fully saturated rings. The number of Topliss-reactive ketones (excluding diaryl/α,β-unsaturated/α-hetero) is 1. The molecule has 0 aliphatic heterocycles. The average molecular weight is 293 g/mol. The molecule has 110 valence electrons. The Kier molecular flexibility index (Phi) is 4.89. The maximum absolute atomic E-state index is 11.9. The maximum atomic E-state index is 11.9. The third-order valence-corrected chi connectivity index (χ3v) is 3.00. The van der Waals surface area contributed by atoms with Gasteiger partial charge in [0.25, 0.3) is 0 Å². The van der Waals surface area contributed by atoms with Gasteiger partial charge in [-0.25, -0.2) is 0 Å². The molecule has 5 heteroatoms. The lowest BCUT2D eigenvalue weighted by atomic mass is 10.1. The molecule has 2 N–H and O–H groups in total. The zero-order chi connectivity index (χ0) is 15.9. The molecule has 0 unspecified atom stereocenters. The van der Waals surface area contributed by atoms with E-state index in [1.54, 1.807) is 48.5 Å². The lowest BCUT2D eigenvalue weighted by molar-refractivity contribution is -0.114. The summed E-state index contributed by atoms with van der Waals surface area (Å²) < 4.78 is 0. The smallest absolute Gasteiger partial charge is 0.243 e. The number of hydrogen-bond acceptors (Lipinski definition) is 4. The van der Waals surface area contributed by atoms with Crippen molar-refractivity contribution >= 4 is 23.1 Å². The highest BCUT2D eigenvalue weighted by molar-refractivity contribution is 5.98. The summed E-state index contributed by atoms with van der Waals surface area (Å²) in [5.41, 5.74) is 2.35. The van der Waals surface area contributed by atoms with Gasteiger partial charge in [0.15, 0.2) is 5.78 Å². The number of hydrogen-bond donors (Lipinski definition) is 2. The van der Waals surface area contributed by atoms with E-state index in [1.165, 1.54) is 6.92 Å². The number of nitrogens with one attached hydrogen (secondary N) is 2. The highest BCUT2D eigenvalue weighted by atomic mass is 16.2. The summed E-state index contributed by atoms with van der Waals surface area (Å²) in [6.45, 7) is 1.55. The van der Waals surface area contributed by atoms with Crippen molar-refractivity contribution in [2.75, 3.05) is 17.2 Å². The second-order valence-corrected chi connectivity index (χ2v) is 4.73. The normalized spacial score (nSPS) is 9.64. The van der Waals surface area contributed by atoms with E-state index in [9.17, 15) is 9.59 Å². The van der Waals surface area contributed by atoms with Crippen LogP contribution in [0.3, 0.4) is 0 Å². The first kappa shape index (κ1) is 15.3. The summed E-state index contributed by atoms with van der Waals surface area (Å²) in [6, 6.07) is 15.7. The number of carbonyl (C=O) groups is 2. The summed E-state index contributed by atoms with van der Waals surface area (Å²) in [5.74, 6) is -0.286. The van der Waals surface area contributed by atoms with Gasteiger partial charge < -0.3 is 10.6 Å². The number of ketones is 1. The summed E-state index contributed by atoms with van der Waals surface area (Å²) in [4.78, 5) is 23.2. The van der Waals surface area contributed by atoms with E-state index in [0.717, 1.165) is 0 Å². The van der Waals surface area contributed by atoms with Crippen LogP contribution in [-0.4, -0.2) is 18.2 Å². The Balaban J connectivity index is 1.94. The number of nitrogens with zero attached hydrogens (tertiary/aromatic N) is 1. The molecule has 0 aliphatic carbocycles. The number of nitriles is 1. The third kappa shape index (κ3) is 4.18. The minimum absolute atomic E-state index is 0.0532. The molecule has 2 rings (SSSR count). The van der Waals surface area contributed by atoms with Crippen LogP contribution < -0.4 is 10.6 Å². The van der Waals surface area contributed by atoms with E-state index >= 15 is 0 Å². The first-order chi connectivity index (χ1) is 10.6. The molecule has 0 bridgehead atoms. The molecule has 0 aliphatic rings.